The molecular formula is C13H20Cl2N2O. The number of halogens is 2. The van der Waals surface area contributed by atoms with Crippen molar-refractivity contribution < 1.29 is 5.11 Å². The Kier molecular flexibility index (Phi) is 6.61. The molecule has 0 aliphatic rings. The number of nitrogens with one attached hydrogen (secondary N) is 1. The summed E-state index contributed by atoms with van der Waals surface area (Å²) in [6.07, 6.45) is 2.94. The molecule has 0 amide bonds. The number of benzene rings is 1. The van der Waals surface area contributed by atoms with Crippen molar-refractivity contribution in [1.29, 1.82) is 0 Å². The van der Waals surface area contributed by atoms with Gasteiger partial charge in [-0.25, -0.2) is 0 Å². The fourth-order valence-electron chi connectivity index (χ4n) is 1.95. The molecule has 0 radical (unpaired) electrons. The zero-order valence-corrected chi connectivity index (χ0v) is 12.1. The fourth-order valence-corrected chi connectivity index (χ4v) is 2.58. The predicted octanol–water partition coefficient (Wildman–Crippen LogP) is 3.79. The third kappa shape index (κ3) is 4.56. The fraction of sp³-hybridized carbons (Fsp3) is 0.538. The van der Waals surface area contributed by atoms with Gasteiger partial charge in [0.05, 0.1) is 15.7 Å². The molecule has 1 rings (SSSR count). The van der Waals surface area contributed by atoms with Gasteiger partial charge in [0.15, 0.2) is 0 Å². The van der Waals surface area contributed by atoms with E-state index in [0.29, 0.717) is 27.3 Å². The third-order valence-corrected chi connectivity index (χ3v) is 3.46. The second-order valence-electron chi connectivity index (χ2n) is 4.41. The molecule has 5 heteroatoms. The zero-order valence-electron chi connectivity index (χ0n) is 10.5. The zero-order chi connectivity index (χ0) is 13.5. The standard InChI is InChI=1S/C13H20Cl2N2O/c1-2-3-9(4-5-18)8-17-13-11(14)6-10(16)7-12(13)15/h6-7,9,17-18H,2-5,8,16H2,1H3. The van der Waals surface area contributed by atoms with E-state index < -0.39 is 0 Å². The van der Waals surface area contributed by atoms with Crippen LogP contribution in [0.5, 0.6) is 0 Å². The van der Waals surface area contributed by atoms with E-state index in [1.807, 2.05) is 0 Å². The van der Waals surface area contributed by atoms with Crippen LogP contribution in [-0.2, 0) is 0 Å². The van der Waals surface area contributed by atoms with E-state index in [-0.39, 0.29) is 6.61 Å². The van der Waals surface area contributed by atoms with Gasteiger partial charge >= 0.3 is 0 Å². The van der Waals surface area contributed by atoms with Gasteiger partial charge in [-0.3, -0.25) is 0 Å². The van der Waals surface area contributed by atoms with Crippen LogP contribution in [-0.4, -0.2) is 18.3 Å². The Balaban J connectivity index is 2.66. The van der Waals surface area contributed by atoms with E-state index in [0.717, 1.165) is 25.8 Å². The molecule has 0 spiro atoms. The van der Waals surface area contributed by atoms with Crippen molar-refractivity contribution in [2.45, 2.75) is 26.2 Å². The van der Waals surface area contributed by atoms with Crippen LogP contribution in [0, 0.1) is 5.92 Å². The molecule has 0 saturated carbocycles. The largest absolute Gasteiger partial charge is 0.399 e. The Morgan fingerprint density at radius 1 is 1.28 bits per heavy atom. The van der Waals surface area contributed by atoms with E-state index in [1.165, 1.54) is 0 Å². The molecule has 1 atom stereocenters. The molecule has 1 unspecified atom stereocenters. The van der Waals surface area contributed by atoms with E-state index in [2.05, 4.69) is 12.2 Å². The molecule has 1 aromatic carbocycles. The minimum Gasteiger partial charge on any atom is -0.399 e. The van der Waals surface area contributed by atoms with Crippen molar-refractivity contribution in [1.82, 2.24) is 0 Å². The van der Waals surface area contributed by atoms with Gasteiger partial charge in [0.2, 0.25) is 0 Å². The maximum absolute atomic E-state index is 9.01. The van der Waals surface area contributed by atoms with Crippen LogP contribution in [0.2, 0.25) is 10.0 Å². The molecule has 0 heterocycles. The first-order valence-electron chi connectivity index (χ1n) is 6.17. The molecular weight excluding hydrogens is 271 g/mol. The summed E-state index contributed by atoms with van der Waals surface area (Å²) >= 11 is 12.2. The lowest BCUT2D eigenvalue weighted by molar-refractivity contribution is 0.255. The van der Waals surface area contributed by atoms with E-state index in [4.69, 9.17) is 34.0 Å². The second-order valence-corrected chi connectivity index (χ2v) is 5.22. The average molecular weight is 291 g/mol. The van der Waals surface area contributed by atoms with Gasteiger partial charge in [-0.1, -0.05) is 36.5 Å². The highest BCUT2D eigenvalue weighted by atomic mass is 35.5. The molecule has 0 saturated heterocycles. The van der Waals surface area contributed by atoms with Crippen molar-refractivity contribution in [3.05, 3.63) is 22.2 Å². The molecule has 0 bridgehead atoms. The summed E-state index contributed by atoms with van der Waals surface area (Å²) in [6.45, 7) is 3.08. The van der Waals surface area contributed by atoms with E-state index >= 15 is 0 Å². The minimum atomic E-state index is 0.204. The van der Waals surface area contributed by atoms with Crippen LogP contribution in [0.15, 0.2) is 12.1 Å². The molecule has 1 aromatic rings. The first-order valence-corrected chi connectivity index (χ1v) is 6.93. The summed E-state index contributed by atoms with van der Waals surface area (Å²) in [4.78, 5) is 0. The lowest BCUT2D eigenvalue weighted by atomic mass is 10.00. The summed E-state index contributed by atoms with van der Waals surface area (Å²) in [5.74, 6) is 0.421. The number of nitrogen functional groups attached to an aromatic ring is 1. The van der Waals surface area contributed by atoms with Gasteiger partial charge in [0.25, 0.3) is 0 Å². The number of hydrogen-bond acceptors (Lipinski definition) is 3. The van der Waals surface area contributed by atoms with Gasteiger partial charge in [0.1, 0.15) is 0 Å². The molecule has 4 N–H and O–H groups in total. The van der Waals surface area contributed by atoms with E-state index in [9.17, 15) is 0 Å². The van der Waals surface area contributed by atoms with E-state index in [1.54, 1.807) is 12.1 Å². The molecule has 0 aliphatic heterocycles. The molecule has 0 aromatic heterocycles. The van der Waals surface area contributed by atoms with Crippen molar-refractivity contribution in [2.75, 3.05) is 24.2 Å². The molecule has 18 heavy (non-hydrogen) atoms. The number of aliphatic hydroxyl groups is 1. The molecule has 0 aliphatic carbocycles. The highest BCUT2D eigenvalue weighted by Crippen LogP contribution is 2.33. The predicted molar refractivity (Wildman–Crippen MR) is 79.5 cm³/mol. The highest BCUT2D eigenvalue weighted by molar-refractivity contribution is 6.39. The second kappa shape index (κ2) is 7.72. The number of hydrogen-bond donors (Lipinski definition) is 3. The van der Waals surface area contributed by atoms with Crippen molar-refractivity contribution in [3.63, 3.8) is 0 Å². The van der Waals surface area contributed by atoms with Gasteiger partial charge < -0.3 is 16.2 Å². The maximum atomic E-state index is 9.01. The Labute approximate surface area is 118 Å². The number of rotatable bonds is 7. The number of aliphatic hydroxyl groups excluding tert-OH is 1. The Bertz CT molecular complexity index is 356. The minimum absolute atomic E-state index is 0.204. The number of anilines is 2. The summed E-state index contributed by atoms with van der Waals surface area (Å²) in [5, 5.41) is 13.3. The average Bonchev–Trinajstić information content (AvgIpc) is 2.28. The first kappa shape index (κ1) is 15.4. The first-order chi connectivity index (χ1) is 8.58. The van der Waals surface area contributed by atoms with Gasteiger partial charge in [-0.15, -0.1) is 0 Å². The normalized spacial score (nSPS) is 12.4. The van der Waals surface area contributed by atoms with Crippen LogP contribution >= 0.6 is 23.2 Å². The molecule has 3 nitrogen and oxygen atoms in total. The van der Waals surface area contributed by atoms with Crippen molar-refractivity contribution >= 4 is 34.6 Å². The summed E-state index contributed by atoms with van der Waals surface area (Å²) in [6, 6.07) is 3.35. The monoisotopic (exact) mass is 290 g/mol. The lowest BCUT2D eigenvalue weighted by Crippen LogP contribution is -2.16. The van der Waals surface area contributed by atoms with Crippen LogP contribution in [0.4, 0.5) is 11.4 Å². The van der Waals surface area contributed by atoms with Crippen LogP contribution in [0.25, 0.3) is 0 Å². The smallest absolute Gasteiger partial charge is 0.0720 e. The van der Waals surface area contributed by atoms with Crippen LogP contribution < -0.4 is 11.1 Å². The summed E-state index contributed by atoms with van der Waals surface area (Å²) in [5.41, 5.74) is 6.92. The number of nitrogens with two attached hydrogens (primary N) is 1. The Hall–Kier alpha value is -0.640. The SMILES string of the molecule is CCCC(CCO)CNc1c(Cl)cc(N)cc1Cl. The maximum Gasteiger partial charge on any atom is 0.0720 e. The Morgan fingerprint density at radius 3 is 2.39 bits per heavy atom. The quantitative estimate of drug-likeness (QED) is 0.670. The lowest BCUT2D eigenvalue weighted by Gasteiger charge is -2.18. The third-order valence-electron chi connectivity index (χ3n) is 2.87. The molecule has 102 valence electrons. The Morgan fingerprint density at radius 2 is 1.89 bits per heavy atom. The van der Waals surface area contributed by atoms with Crippen molar-refractivity contribution in [3.8, 4) is 0 Å². The van der Waals surface area contributed by atoms with Gasteiger partial charge in [-0.05, 0) is 30.9 Å². The van der Waals surface area contributed by atoms with Crippen molar-refractivity contribution in [2.24, 2.45) is 5.92 Å². The van der Waals surface area contributed by atoms with Crippen LogP contribution in [0.1, 0.15) is 26.2 Å². The topological polar surface area (TPSA) is 58.3 Å². The molecule has 0 fully saturated rings. The highest BCUT2D eigenvalue weighted by Gasteiger charge is 2.11. The summed E-state index contributed by atoms with van der Waals surface area (Å²) in [7, 11) is 0. The van der Waals surface area contributed by atoms with Gasteiger partial charge in [-0.2, -0.15) is 0 Å². The van der Waals surface area contributed by atoms with Gasteiger partial charge in [0, 0.05) is 18.8 Å². The van der Waals surface area contributed by atoms with Crippen LogP contribution in [0.3, 0.4) is 0 Å². The summed E-state index contributed by atoms with van der Waals surface area (Å²) < 4.78 is 0.